The van der Waals surface area contributed by atoms with Crippen molar-refractivity contribution in [2.24, 2.45) is 5.73 Å². The van der Waals surface area contributed by atoms with Gasteiger partial charge < -0.3 is 10.3 Å². The molecule has 0 aliphatic carbocycles. The van der Waals surface area contributed by atoms with E-state index >= 15 is 0 Å². The smallest absolute Gasteiger partial charge is 0.0950 e. The van der Waals surface area contributed by atoms with Crippen LogP contribution in [0.25, 0.3) is 0 Å². The van der Waals surface area contributed by atoms with Crippen LogP contribution in [0.5, 0.6) is 0 Å². The summed E-state index contributed by atoms with van der Waals surface area (Å²) < 4.78 is 2.06. The van der Waals surface area contributed by atoms with Gasteiger partial charge in [0.05, 0.1) is 12.0 Å². The van der Waals surface area contributed by atoms with Gasteiger partial charge in [-0.15, -0.1) is 0 Å². The minimum atomic E-state index is 0.668. The average Bonchev–Trinajstić information content (AvgIpc) is 2.66. The molecule has 88 valence electrons. The Labute approximate surface area is 96.8 Å². The lowest BCUT2D eigenvalue weighted by atomic mass is 10.1. The van der Waals surface area contributed by atoms with Gasteiger partial charge in [0.1, 0.15) is 0 Å². The summed E-state index contributed by atoms with van der Waals surface area (Å²) >= 11 is 0. The predicted molar refractivity (Wildman–Crippen MR) is 64.9 cm³/mol. The van der Waals surface area contributed by atoms with Crippen LogP contribution in [0.2, 0.25) is 0 Å². The summed E-state index contributed by atoms with van der Waals surface area (Å²) in [4.78, 5) is 6.84. The molecule has 2 rings (SSSR count). The maximum atomic E-state index is 5.51. The van der Waals surface area contributed by atoms with Crippen LogP contribution in [0, 0.1) is 0 Å². The molecule has 16 heavy (non-hydrogen) atoms. The Morgan fingerprint density at radius 3 is 3.12 bits per heavy atom. The average molecular weight is 220 g/mol. The van der Waals surface area contributed by atoms with Crippen LogP contribution in [-0.2, 0) is 13.1 Å². The quantitative estimate of drug-likeness (QED) is 0.770. The highest BCUT2D eigenvalue weighted by molar-refractivity contribution is 5.06. The van der Waals surface area contributed by atoms with Gasteiger partial charge in [-0.2, -0.15) is 0 Å². The Morgan fingerprint density at radius 1 is 1.50 bits per heavy atom. The van der Waals surface area contributed by atoms with E-state index in [1.165, 1.54) is 5.57 Å². The molecule has 0 aromatic carbocycles. The van der Waals surface area contributed by atoms with Crippen molar-refractivity contribution < 1.29 is 0 Å². The largest absolute Gasteiger partial charge is 0.336 e. The molecule has 1 aliphatic heterocycles. The molecule has 2 N–H and O–H groups in total. The standard InChI is InChI=1S/C12H20N4/c1-11-3-2-5-15(7-11)8-12-9-16(6-4-13)10-14-12/h3,9-10H,2,4-8,13H2,1H3. The summed E-state index contributed by atoms with van der Waals surface area (Å²) in [5, 5.41) is 0. The maximum Gasteiger partial charge on any atom is 0.0950 e. The van der Waals surface area contributed by atoms with Gasteiger partial charge in [0.2, 0.25) is 0 Å². The Hall–Kier alpha value is -1.13. The van der Waals surface area contributed by atoms with Crippen molar-refractivity contribution in [3.05, 3.63) is 29.9 Å². The number of hydrogen-bond acceptors (Lipinski definition) is 3. The third-order valence-electron chi connectivity index (χ3n) is 2.87. The second kappa shape index (κ2) is 5.27. The number of nitrogens with zero attached hydrogens (tertiary/aromatic N) is 3. The second-order valence-electron chi connectivity index (χ2n) is 4.44. The monoisotopic (exact) mass is 220 g/mol. The SMILES string of the molecule is CC1=CCCN(Cc2cn(CCN)cn2)C1. The van der Waals surface area contributed by atoms with E-state index in [1.54, 1.807) is 0 Å². The molecule has 2 heterocycles. The van der Waals surface area contributed by atoms with Crippen LogP contribution < -0.4 is 5.73 Å². The molecular formula is C12H20N4. The van der Waals surface area contributed by atoms with Crippen LogP contribution >= 0.6 is 0 Å². The molecule has 0 amide bonds. The van der Waals surface area contributed by atoms with Gasteiger partial charge in [0.25, 0.3) is 0 Å². The van der Waals surface area contributed by atoms with E-state index in [1.807, 2.05) is 6.33 Å². The zero-order chi connectivity index (χ0) is 11.4. The van der Waals surface area contributed by atoms with E-state index in [0.29, 0.717) is 6.54 Å². The molecule has 1 aliphatic rings. The highest BCUT2D eigenvalue weighted by Crippen LogP contribution is 2.11. The van der Waals surface area contributed by atoms with Gasteiger partial charge in [-0.25, -0.2) is 4.98 Å². The van der Waals surface area contributed by atoms with Crippen molar-refractivity contribution in [2.75, 3.05) is 19.6 Å². The number of hydrogen-bond donors (Lipinski definition) is 1. The first-order chi connectivity index (χ1) is 7.78. The molecule has 0 fully saturated rings. The summed E-state index contributed by atoms with van der Waals surface area (Å²) in [5.74, 6) is 0. The van der Waals surface area contributed by atoms with Gasteiger partial charge in [-0.05, 0) is 13.3 Å². The minimum absolute atomic E-state index is 0.668. The second-order valence-corrected chi connectivity index (χ2v) is 4.44. The van der Waals surface area contributed by atoms with Crippen molar-refractivity contribution >= 4 is 0 Å². The molecule has 4 nitrogen and oxygen atoms in total. The van der Waals surface area contributed by atoms with Gasteiger partial charge in [0, 0.05) is 38.9 Å². The Morgan fingerprint density at radius 2 is 2.38 bits per heavy atom. The van der Waals surface area contributed by atoms with Gasteiger partial charge in [-0.1, -0.05) is 11.6 Å². The fourth-order valence-corrected chi connectivity index (χ4v) is 2.11. The fourth-order valence-electron chi connectivity index (χ4n) is 2.11. The van der Waals surface area contributed by atoms with E-state index < -0.39 is 0 Å². The maximum absolute atomic E-state index is 5.51. The Balaban J connectivity index is 1.91. The van der Waals surface area contributed by atoms with Crippen LogP contribution in [-0.4, -0.2) is 34.1 Å². The van der Waals surface area contributed by atoms with Crippen LogP contribution in [0.4, 0.5) is 0 Å². The number of nitrogens with two attached hydrogens (primary N) is 1. The van der Waals surface area contributed by atoms with Gasteiger partial charge >= 0.3 is 0 Å². The van der Waals surface area contributed by atoms with Crippen molar-refractivity contribution in [3.63, 3.8) is 0 Å². The normalized spacial score (nSPS) is 17.5. The Bertz CT molecular complexity index is 367. The molecular weight excluding hydrogens is 200 g/mol. The van der Waals surface area contributed by atoms with Crippen LogP contribution in [0.15, 0.2) is 24.2 Å². The van der Waals surface area contributed by atoms with Crippen molar-refractivity contribution in [3.8, 4) is 0 Å². The summed E-state index contributed by atoms with van der Waals surface area (Å²) in [5.41, 5.74) is 8.11. The summed E-state index contributed by atoms with van der Waals surface area (Å²) in [6.07, 6.45) is 7.45. The molecule has 0 saturated heterocycles. The predicted octanol–water partition coefficient (Wildman–Crippen LogP) is 0.994. The molecule has 0 spiro atoms. The molecule has 0 saturated carbocycles. The van der Waals surface area contributed by atoms with Gasteiger partial charge in [-0.3, -0.25) is 4.90 Å². The summed E-state index contributed by atoms with van der Waals surface area (Å²) in [6, 6.07) is 0. The summed E-state index contributed by atoms with van der Waals surface area (Å²) in [6.45, 7) is 6.88. The highest BCUT2D eigenvalue weighted by atomic mass is 15.1. The van der Waals surface area contributed by atoms with E-state index in [4.69, 9.17) is 5.73 Å². The topological polar surface area (TPSA) is 47.1 Å². The van der Waals surface area contributed by atoms with Crippen LogP contribution in [0.1, 0.15) is 19.0 Å². The van der Waals surface area contributed by atoms with Gasteiger partial charge in [0.15, 0.2) is 0 Å². The minimum Gasteiger partial charge on any atom is -0.336 e. The zero-order valence-corrected chi connectivity index (χ0v) is 9.89. The molecule has 1 aromatic heterocycles. The number of imidazole rings is 1. The zero-order valence-electron chi connectivity index (χ0n) is 9.89. The lowest BCUT2D eigenvalue weighted by molar-refractivity contribution is 0.279. The van der Waals surface area contributed by atoms with E-state index in [2.05, 4.69) is 33.6 Å². The van der Waals surface area contributed by atoms with Crippen molar-refractivity contribution in [2.45, 2.75) is 26.4 Å². The van der Waals surface area contributed by atoms with Crippen molar-refractivity contribution in [1.82, 2.24) is 14.5 Å². The van der Waals surface area contributed by atoms with E-state index in [0.717, 1.165) is 38.3 Å². The highest BCUT2D eigenvalue weighted by Gasteiger charge is 2.11. The first-order valence-corrected chi connectivity index (χ1v) is 5.86. The Kier molecular flexibility index (Phi) is 3.74. The number of aromatic nitrogens is 2. The fraction of sp³-hybridized carbons (Fsp3) is 0.583. The first kappa shape index (κ1) is 11.4. The lowest BCUT2D eigenvalue weighted by Crippen LogP contribution is -2.28. The molecule has 0 radical (unpaired) electrons. The third kappa shape index (κ3) is 2.93. The molecule has 4 heteroatoms. The molecule has 0 bridgehead atoms. The molecule has 0 atom stereocenters. The molecule has 0 unspecified atom stereocenters. The summed E-state index contributed by atoms with van der Waals surface area (Å²) in [7, 11) is 0. The lowest BCUT2D eigenvalue weighted by Gasteiger charge is -2.24. The van der Waals surface area contributed by atoms with E-state index in [-0.39, 0.29) is 0 Å². The number of rotatable bonds is 4. The molecule has 1 aromatic rings. The van der Waals surface area contributed by atoms with E-state index in [9.17, 15) is 0 Å². The van der Waals surface area contributed by atoms with Crippen molar-refractivity contribution in [1.29, 1.82) is 0 Å². The third-order valence-corrected chi connectivity index (χ3v) is 2.87. The van der Waals surface area contributed by atoms with Crippen LogP contribution in [0.3, 0.4) is 0 Å². The first-order valence-electron chi connectivity index (χ1n) is 5.86.